The molecule has 8 heteroatoms. The van der Waals surface area contributed by atoms with Crippen LogP contribution < -0.4 is 10.6 Å². The van der Waals surface area contributed by atoms with E-state index in [0.717, 1.165) is 0 Å². The van der Waals surface area contributed by atoms with Crippen LogP contribution in [0.2, 0.25) is 0 Å². The van der Waals surface area contributed by atoms with E-state index in [1.165, 1.54) is 17.3 Å². The number of rotatable bonds is 6. The minimum absolute atomic E-state index is 0.105. The molecule has 2 aromatic heterocycles. The SMILES string of the molecule is C[C@@H](C(=O)NCCNc1cnccn1)n1cncn1. The molecule has 1 atom stereocenters. The summed E-state index contributed by atoms with van der Waals surface area (Å²) < 4.78 is 1.51. The average Bonchev–Trinajstić information content (AvgIpc) is 2.98. The van der Waals surface area contributed by atoms with Crippen LogP contribution in [0, 0.1) is 0 Å². The Kier molecular flexibility index (Phi) is 4.38. The first-order valence-corrected chi connectivity index (χ1v) is 5.89. The Morgan fingerprint density at radius 2 is 2.26 bits per heavy atom. The molecule has 2 N–H and O–H groups in total. The number of hydrogen-bond donors (Lipinski definition) is 2. The number of aromatic nitrogens is 5. The minimum Gasteiger partial charge on any atom is -0.367 e. The molecule has 100 valence electrons. The summed E-state index contributed by atoms with van der Waals surface area (Å²) in [5.74, 6) is 0.576. The zero-order valence-corrected chi connectivity index (χ0v) is 10.5. The summed E-state index contributed by atoms with van der Waals surface area (Å²) >= 11 is 0. The summed E-state index contributed by atoms with van der Waals surface area (Å²) in [7, 11) is 0. The van der Waals surface area contributed by atoms with Crippen LogP contribution in [-0.2, 0) is 4.79 Å². The Morgan fingerprint density at radius 1 is 1.37 bits per heavy atom. The van der Waals surface area contributed by atoms with Crippen LogP contribution in [0.4, 0.5) is 5.82 Å². The molecule has 0 saturated carbocycles. The van der Waals surface area contributed by atoms with Crippen LogP contribution in [0.15, 0.2) is 31.2 Å². The van der Waals surface area contributed by atoms with Crippen molar-refractivity contribution in [3.8, 4) is 0 Å². The Morgan fingerprint density at radius 3 is 2.95 bits per heavy atom. The number of carbonyl (C=O) groups excluding carboxylic acids is 1. The normalized spacial score (nSPS) is 11.8. The van der Waals surface area contributed by atoms with Gasteiger partial charge in [0.15, 0.2) is 0 Å². The van der Waals surface area contributed by atoms with Crippen LogP contribution in [0.25, 0.3) is 0 Å². The van der Waals surface area contributed by atoms with Gasteiger partial charge in [0.2, 0.25) is 5.91 Å². The third kappa shape index (κ3) is 3.73. The molecule has 1 amide bonds. The van der Waals surface area contributed by atoms with Gasteiger partial charge in [-0.25, -0.2) is 14.6 Å². The van der Waals surface area contributed by atoms with Crippen molar-refractivity contribution in [2.24, 2.45) is 0 Å². The van der Waals surface area contributed by atoms with Gasteiger partial charge in [0.05, 0.1) is 6.20 Å². The highest BCUT2D eigenvalue weighted by molar-refractivity contribution is 5.79. The van der Waals surface area contributed by atoms with Crippen molar-refractivity contribution < 1.29 is 4.79 Å². The van der Waals surface area contributed by atoms with E-state index in [0.29, 0.717) is 18.9 Å². The third-order valence-corrected chi connectivity index (χ3v) is 2.51. The van der Waals surface area contributed by atoms with Crippen molar-refractivity contribution in [1.82, 2.24) is 30.0 Å². The van der Waals surface area contributed by atoms with E-state index in [1.54, 1.807) is 25.5 Å². The molecular formula is C11H15N7O. The Bertz CT molecular complexity index is 499. The van der Waals surface area contributed by atoms with Crippen molar-refractivity contribution >= 4 is 11.7 Å². The van der Waals surface area contributed by atoms with E-state index >= 15 is 0 Å². The number of amides is 1. The smallest absolute Gasteiger partial charge is 0.244 e. The molecule has 2 rings (SSSR count). The lowest BCUT2D eigenvalue weighted by atomic mass is 10.3. The van der Waals surface area contributed by atoms with Crippen LogP contribution in [0.5, 0.6) is 0 Å². The molecule has 0 radical (unpaired) electrons. The number of nitrogens with one attached hydrogen (secondary N) is 2. The third-order valence-electron chi connectivity index (χ3n) is 2.51. The quantitative estimate of drug-likeness (QED) is 0.702. The number of carbonyl (C=O) groups is 1. The highest BCUT2D eigenvalue weighted by Crippen LogP contribution is 2.01. The lowest BCUT2D eigenvalue weighted by molar-refractivity contribution is -0.124. The first kappa shape index (κ1) is 12.9. The van der Waals surface area contributed by atoms with Crippen molar-refractivity contribution in [2.45, 2.75) is 13.0 Å². The monoisotopic (exact) mass is 261 g/mol. The molecule has 0 fully saturated rings. The van der Waals surface area contributed by atoms with Crippen LogP contribution in [0.1, 0.15) is 13.0 Å². The Labute approximate surface area is 110 Å². The predicted octanol–water partition coefficient (Wildman–Crippen LogP) is -0.143. The molecule has 0 spiro atoms. The summed E-state index contributed by atoms with van der Waals surface area (Å²) in [5.41, 5.74) is 0. The van der Waals surface area contributed by atoms with Crippen LogP contribution in [0.3, 0.4) is 0 Å². The van der Waals surface area contributed by atoms with Gasteiger partial charge in [-0.1, -0.05) is 0 Å². The number of nitrogens with zero attached hydrogens (tertiary/aromatic N) is 5. The molecule has 0 aliphatic rings. The second-order valence-corrected chi connectivity index (χ2v) is 3.86. The molecule has 0 saturated heterocycles. The van der Waals surface area contributed by atoms with Crippen LogP contribution >= 0.6 is 0 Å². The molecule has 8 nitrogen and oxygen atoms in total. The molecular weight excluding hydrogens is 246 g/mol. The fourth-order valence-corrected chi connectivity index (χ4v) is 1.45. The van der Waals surface area contributed by atoms with Gasteiger partial charge in [-0.05, 0) is 6.92 Å². The Hall–Kier alpha value is -2.51. The van der Waals surface area contributed by atoms with E-state index in [4.69, 9.17) is 0 Å². The van der Waals surface area contributed by atoms with E-state index in [2.05, 4.69) is 30.7 Å². The zero-order chi connectivity index (χ0) is 13.5. The fraction of sp³-hybridized carbons (Fsp3) is 0.364. The lowest BCUT2D eigenvalue weighted by Gasteiger charge is -2.12. The first-order valence-electron chi connectivity index (χ1n) is 5.89. The average molecular weight is 261 g/mol. The second kappa shape index (κ2) is 6.43. The van der Waals surface area contributed by atoms with Gasteiger partial charge >= 0.3 is 0 Å². The number of hydrogen-bond acceptors (Lipinski definition) is 6. The van der Waals surface area contributed by atoms with E-state index < -0.39 is 0 Å². The van der Waals surface area contributed by atoms with Gasteiger partial charge in [-0.15, -0.1) is 0 Å². The highest BCUT2D eigenvalue weighted by Gasteiger charge is 2.14. The van der Waals surface area contributed by atoms with E-state index in [1.807, 2.05) is 0 Å². The van der Waals surface area contributed by atoms with Gasteiger partial charge < -0.3 is 10.6 Å². The van der Waals surface area contributed by atoms with Gasteiger partial charge in [0.1, 0.15) is 24.5 Å². The van der Waals surface area contributed by atoms with Crippen molar-refractivity contribution in [3.05, 3.63) is 31.2 Å². The molecule has 2 heterocycles. The Balaban J connectivity index is 1.70. The van der Waals surface area contributed by atoms with Gasteiger partial charge in [0, 0.05) is 25.5 Å². The van der Waals surface area contributed by atoms with E-state index in [-0.39, 0.29) is 11.9 Å². The molecule has 0 aromatic carbocycles. The molecule has 0 aliphatic heterocycles. The summed E-state index contributed by atoms with van der Waals surface area (Å²) in [4.78, 5) is 23.6. The highest BCUT2D eigenvalue weighted by atomic mass is 16.2. The summed E-state index contributed by atoms with van der Waals surface area (Å²) in [6.45, 7) is 2.84. The first-order chi connectivity index (χ1) is 9.27. The minimum atomic E-state index is -0.376. The molecule has 19 heavy (non-hydrogen) atoms. The zero-order valence-electron chi connectivity index (χ0n) is 10.5. The lowest BCUT2D eigenvalue weighted by Crippen LogP contribution is -2.34. The van der Waals surface area contributed by atoms with Gasteiger partial charge in [-0.2, -0.15) is 5.10 Å². The van der Waals surface area contributed by atoms with Gasteiger partial charge in [-0.3, -0.25) is 9.78 Å². The maximum Gasteiger partial charge on any atom is 0.244 e. The topological polar surface area (TPSA) is 97.6 Å². The number of anilines is 1. The van der Waals surface area contributed by atoms with Crippen molar-refractivity contribution in [2.75, 3.05) is 18.4 Å². The van der Waals surface area contributed by atoms with Crippen molar-refractivity contribution in [3.63, 3.8) is 0 Å². The summed E-state index contributed by atoms with van der Waals surface area (Å²) in [6, 6.07) is -0.376. The van der Waals surface area contributed by atoms with E-state index in [9.17, 15) is 4.79 Å². The second-order valence-electron chi connectivity index (χ2n) is 3.86. The maximum absolute atomic E-state index is 11.8. The summed E-state index contributed by atoms with van der Waals surface area (Å²) in [5, 5.41) is 9.78. The molecule has 2 aromatic rings. The van der Waals surface area contributed by atoms with Crippen molar-refractivity contribution in [1.29, 1.82) is 0 Å². The largest absolute Gasteiger partial charge is 0.367 e. The predicted molar refractivity (Wildman–Crippen MR) is 68.3 cm³/mol. The summed E-state index contributed by atoms with van der Waals surface area (Å²) in [6.07, 6.45) is 7.75. The van der Waals surface area contributed by atoms with Gasteiger partial charge in [0.25, 0.3) is 0 Å². The molecule has 0 unspecified atom stereocenters. The molecule has 0 aliphatic carbocycles. The molecule has 0 bridgehead atoms. The fourth-order valence-electron chi connectivity index (χ4n) is 1.45. The van der Waals surface area contributed by atoms with Crippen LogP contribution in [-0.4, -0.2) is 43.7 Å². The maximum atomic E-state index is 11.8. The standard InChI is InChI=1S/C11H15N7O/c1-9(18-8-13-7-17-18)11(19)16-5-4-15-10-6-12-2-3-14-10/h2-3,6-9H,4-5H2,1H3,(H,14,15)(H,16,19)/t9-/m0/s1.